The highest BCUT2D eigenvalue weighted by molar-refractivity contribution is 7.80. The van der Waals surface area contributed by atoms with Crippen LogP contribution in [0.5, 0.6) is 0 Å². The van der Waals surface area contributed by atoms with Gasteiger partial charge in [0.2, 0.25) is 0 Å². The lowest BCUT2D eigenvalue weighted by Gasteiger charge is -2.29. The Morgan fingerprint density at radius 1 is 1.44 bits per heavy atom. The molecule has 0 saturated heterocycles. The van der Waals surface area contributed by atoms with Crippen molar-refractivity contribution in [2.45, 2.75) is 38.1 Å². The lowest BCUT2D eigenvalue weighted by molar-refractivity contribution is 0.0904. The number of carbonyl (C=O) groups is 1. The molecule has 1 saturated carbocycles. The van der Waals surface area contributed by atoms with Crippen LogP contribution in [0.1, 0.15) is 42.7 Å². The molecule has 1 aliphatic carbocycles. The molecule has 18 heavy (non-hydrogen) atoms. The van der Waals surface area contributed by atoms with Gasteiger partial charge in [0.25, 0.3) is 5.91 Å². The molecule has 1 heterocycles. The topological polar surface area (TPSA) is 68.3 Å². The second-order valence-electron chi connectivity index (χ2n) is 4.73. The minimum atomic E-state index is -0.247. The third-order valence-corrected chi connectivity index (χ3v) is 3.71. The Morgan fingerprint density at radius 2 is 2.17 bits per heavy atom. The molecule has 1 fully saturated rings. The van der Waals surface area contributed by atoms with Crippen molar-refractivity contribution in [3.63, 3.8) is 0 Å². The molecule has 1 amide bonds. The summed E-state index contributed by atoms with van der Waals surface area (Å²) < 4.78 is 5.07. The van der Waals surface area contributed by atoms with E-state index in [2.05, 4.69) is 5.32 Å². The summed E-state index contributed by atoms with van der Waals surface area (Å²) >= 11 is 5.08. The SMILES string of the molecule is NC(=S)C(NC(=O)c1ccco1)C1CCCCC1. The molecule has 1 aromatic heterocycles. The molecule has 0 spiro atoms. The average Bonchev–Trinajstić information content (AvgIpc) is 2.90. The van der Waals surface area contributed by atoms with Gasteiger partial charge < -0.3 is 15.5 Å². The Labute approximate surface area is 112 Å². The molecule has 3 N–H and O–H groups in total. The highest BCUT2D eigenvalue weighted by Crippen LogP contribution is 2.26. The predicted octanol–water partition coefficient (Wildman–Crippen LogP) is 2.24. The van der Waals surface area contributed by atoms with Gasteiger partial charge in [0.1, 0.15) is 0 Å². The van der Waals surface area contributed by atoms with E-state index in [1.165, 1.54) is 25.5 Å². The summed E-state index contributed by atoms with van der Waals surface area (Å²) in [6, 6.07) is 3.09. The van der Waals surface area contributed by atoms with E-state index >= 15 is 0 Å². The minimum Gasteiger partial charge on any atom is -0.459 e. The zero-order valence-corrected chi connectivity index (χ0v) is 11.0. The van der Waals surface area contributed by atoms with Gasteiger partial charge in [-0.05, 0) is 30.9 Å². The second-order valence-corrected chi connectivity index (χ2v) is 5.20. The van der Waals surface area contributed by atoms with Crippen molar-refractivity contribution in [2.75, 3.05) is 0 Å². The number of nitrogens with two attached hydrogens (primary N) is 1. The molecule has 1 unspecified atom stereocenters. The van der Waals surface area contributed by atoms with Crippen LogP contribution in [-0.2, 0) is 0 Å². The minimum absolute atomic E-state index is 0.224. The van der Waals surface area contributed by atoms with Gasteiger partial charge in [0.15, 0.2) is 5.76 Å². The molecular formula is C13H18N2O2S. The van der Waals surface area contributed by atoms with Crippen molar-refractivity contribution in [2.24, 2.45) is 11.7 Å². The zero-order chi connectivity index (χ0) is 13.0. The van der Waals surface area contributed by atoms with E-state index in [1.807, 2.05) is 0 Å². The van der Waals surface area contributed by atoms with Crippen molar-refractivity contribution in [1.82, 2.24) is 5.32 Å². The lowest BCUT2D eigenvalue weighted by atomic mass is 9.84. The summed E-state index contributed by atoms with van der Waals surface area (Å²) in [6.45, 7) is 0. The van der Waals surface area contributed by atoms with Crippen molar-refractivity contribution >= 4 is 23.1 Å². The Morgan fingerprint density at radius 3 is 2.72 bits per heavy atom. The quantitative estimate of drug-likeness (QED) is 0.820. The van der Waals surface area contributed by atoms with Gasteiger partial charge in [-0.15, -0.1) is 0 Å². The molecule has 0 aromatic carbocycles. The maximum Gasteiger partial charge on any atom is 0.287 e. The van der Waals surface area contributed by atoms with Gasteiger partial charge in [0.05, 0.1) is 17.3 Å². The maximum atomic E-state index is 11.9. The smallest absolute Gasteiger partial charge is 0.287 e. The fourth-order valence-electron chi connectivity index (χ4n) is 2.51. The van der Waals surface area contributed by atoms with E-state index in [4.69, 9.17) is 22.4 Å². The highest BCUT2D eigenvalue weighted by atomic mass is 32.1. The maximum absolute atomic E-state index is 11.9. The average molecular weight is 266 g/mol. The van der Waals surface area contributed by atoms with Gasteiger partial charge in [-0.3, -0.25) is 4.79 Å². The third-order valence-electron chi connectivity index (χ3n) is 3.46. The highest BCUT2D eigenvalue weighted by Gasteiger charge is 2.28. The molecule has 4 nitrogen and oxygen atoms in total. The number of rotatable bonds is 4. The van der Waals surface area contributed by atoms with Crippen molar-refractivity contribution in [3.8, 4) is 0 Å². The van der Waals surface area contributed by atoms with Crippen LogP contribution in [-0.4, -0.2) is 16.9 Å². The van der Waals surface area contributed by atoms with E-state index in [0.717, 1.165) is 12.8 Å². The number of hydrogen-bond acceptors (Lipinski definition) is 3. The summed E-state index contributed by atoms with van der Waals surface area (Å²) in [5.41, 5.74) is 5.76. The first-order valence-electron chi connectivity index (χ1n) is 6.32. The normalized spacial score (nSPS) is 18.2. The van der Waals surface area contributed by atoms with Gasteiger partial charge in [-0.25, -0.2) is 0 Å². The van der Waals surface area contributed by atoms with Gasteiger partial charge in [-0.1, -0.05) is 31.5 Å². The summed E-state index contributed by atoms with van der Waals surface area (Å²) in [5.74, 6) is 0.408. The number of amides is 1. The van der Waals surface area contributed by atoms with E-state index < -0.39 is 0 Å². The zero-order valence-electron chi connectivity index (χ0n) is 10.2. The van der Waals surface area contributed by atoms with Crippen LogP contribution in [0.25, 0.3) is 0 Å². The van der Waals surface area contributed by atoms with Crippen LogP contribution in [0.4, 0.5) is 0 Å². The first-order chi connectivity index (χ1) is 8.68. The summed E-state index contributed by atoms with van der Waals surface area (Å²) in [4.78, 5) is 12.3. The number of carbonyl (C=O) groups excluding carboxylic acids is 1. The number of hydrogen-bond donors (Lipinski definition) is 2. The summed E-state index contributed by atoms with van der Waals surface area (Å²) in [7, 11) is 0. The van der Waals surface area contributed by atoms with Crippen molar-refractivity contribution < 1.29 is 9.21 Å². The first kappa shape index (κ1) is 13.1. The molecule has 2 rings (SSSR count). The van der Waals surface area contributed by atoms with Crippen LogP contribution in [0.3, 0.4) is 0 Å². The fourth-order valence-corrected chi connectivity index (χ4v) is 2.76. The molecule has 0 bridgehead atoms. The first-order valence-corrected chi connectivity index (χ1v) is 6.73. The largest absolute Gasteiger partial charge is 0.459 e. The summed E-state index contributed by atoms with van der Waals surface area (Å²) in [5, 5.41) is 2.89. The number of furan rings is 1. The molecule has 1 atom stereocenters. The third kappa shape index (κ3) is 3.10. The van der Waals surface area contributed by atoms with E-state index in [9.17, 15) is 4.79 Å². The Hall–Kier alpha value is -1.36. The Kier molecular flexibility index (Phi) is 4.36. The molecule has 1 aliphatic rings. The van der Waals surface area contributed by atoms with E-state index in [-0.39, 0.29) is 11.9 Å². The van der Waals surface area contributed by atoms with Gasteiger partial charge in [0, 0.05) is 0 Å². The fraction of sp³-hybridized carbons (Fsp3) is 0.538. The standard InChI is InChI=1S/C13H18N2O2S/c14-12(18)11(9-5-2-1-3-6-9)15-13(16)10-7-4-8-17-10/h4,7-9,11H,1-3,5-6H2,(H2,14,18)(H,15,16). The van der Waals surface area contributed by atoms with Crippen LogP contribution in [0.15, 0.2) is 22.8 Å². The van der Waals surface area contributed by atoms with Crippen molar-refractivity contribution in [1.29, 1.82) is 0 Å². The Bertz CT molecular complexity index is 411. The van der Waals surface area contributed by atoms with Crippen LogP contribution >= 0.6 is 12.2 Å². The van der Waals surface area contributed by atoms with E-state index in [0.29, 0.717) is 16.7 Å². The van der Waals surface area contributed by atoms with Crippen molar-refractivity contribution in [3.05, 3.63) is 24.2 Å². The Balaban J connectivity index is 2.02. The lowest BCUT2D eigenvalue weighted by Crippen LogP contribution is -2.48. The molecule has 5 heteroatoms. The van der Waals surface area contributed by atoms with Gasteiger partial charge in [-0.2, -0.15) is 0 Å². The monoisotopic (exact) mass is 266 g/mol. The van der Waals surface area contributed by atoms with Gasteiger partial charge >= 0.3 is 0 Å². The van der Waals surface area contributed by atoms with E-state index in [1.54, 1.807) is 12.1 Å². The number of thiocarbonyl (C=S) groups is 1. The molecule has 1 aromatic rings. The molecular weight excluding hydrogens is 248 g/mol. The number of nitrogens with one attached hydrogen (secondary N) is 1. The van der Waals surface area contributed by atoms with Crippen LogP contribution < -0.4 is 11.1 Å². The van der Waals surface area contributed by atoms with Crippen LogP contribution in [0, 0.1) is 5.92 Å². The molecule has 0 aliphatic heterocycles. The second kappa shape index (κ2) is 6.00. The molecule has 0 radical (unpaired) electrons. The molecule has 98 valence electrons. The predicted molar refractivity (Wildman–Crippen MR) is 73.3 cm³/mol. The summed E-state index contributed by atoms with van der Waals surface area (Å²) in [6.07, 6.45) is 7.24. The van der Waals surface area contributed by atoms with Crippen LogP contribution in [0.2, 0.25) is 0 Å².